The van der Waals surface area contributed by atoms with Crippen LogP contribution >= 0.6 is 0 Å². The van der Waals surface area contributed by atoms with E-state index in [1.54, 1.807) is 0 Å². The number of hydrogen-bond donors (Lipinski definition) is 1. The van der Waals surface area contributed by atoms with Crippen molar-refractivity contribution in [1.82, 2.24) is 5.32 Å². The minimum atomic E-state index is 0.436. The monoisotopic (exact) mass is 153 g/mol. The Balaban J connectivity index is 2.10. The summed E-state index contributed by atoms with van der Waals surface area (Å²) in [5.41, 5.74) is 0.436. The van der Waals surface area contributed by atoms with Crippen LogP contribution in [-0.2, 0) is 0 Å². The van der Waals surface area contributed by atoms with Crippen LogP contribution in [-0.4, -0.2) is 12.1 Å². The topological polar surface area (TPSA) is 12.0 Å². The summed E-state index contributed by atoms with van der Waals surface area (Å²) >= 11 is 0. The van der Waals surface area contributed by atoms with Gasteiger partial charge in [0, 0.05) is 5.54 Å². The van der Waals surface area contributed by atoms with Gasteiger partial charge in [0.25, 0.3) is 0 Å². The first-order chi connectivity index (χ1) is 5.20. The molecule has 0 spiro atoms. The number of hydrogen-bond acceptors (Lipinski definition) is 1. The normalized spacial score (nSPS) is 42.0. The number of rotatable bonds is 0. The molecule has 1 saturated heterocycles. The Morgan fingerprint density at radius 2 is 1.91 bits per heavy atom. The molecule has 0 aromatic rings. The second-order valence-electron chi connectivity index (χ2n) is 4.75. The van der Waals surface area contributed by atoms with E-state index in [-0.39, 0.29) is 0 Å². The summed E-state index contributed by atoms with van der Waals surface area (Å²) in [6.07, 6.45) is 5.87. The molecule has 2 unspecified atom stereocenters. The average Bonchev–Trinajstić information content (AvgIpc) is 2.29. The molecule has 1 saturated carbocycles. The van der Waals surface area contributed by atoms with Crippen molar-refractivity contribution in [3.8, 4) is 0 Å². The van der Waals surface area contributed by atoms with Crippen molar-refractivity contribution in [2.45, 2.75) is 45.1 Å². The molecule has 0 radical (unpaired) electrons. The Kier molecular flexibility index (Phi) is 1.71. The van der Waals surface area contributed by atoms with Gasteiger partial charge in [-0.15, -0.1) is 0 Å². The van der Waals surface area contributed by atoms with E-state index < -0.39 is 0 Å². The quantitative estimate of drug-likeness (QED) is 0.562. The lowest BCUT2D eigenvalue weighted by Gasteiger charge is -2.33. The highest BCUT2D eigenvalue weighted by Gasteiger charge is 2.41. The molecule has 1 aliphatic carbocycles. The molecule has 2 fully saturated rings. The van der Waals surface area contributed by atoms with Crippen LogP contribution in [0.1, 0.15) is 39.5 Å². The fraction of sp³-hybridized carbons (Fsp3) is 1.00. The highest BCUT2D eigenvalue weighted by molar-refractivity contribution is 4.98. The van der Waals surface area contributed by atoms with Crippen LogP contribution in [0.15, 0.2) is 0 Å². The van der Waals surface area contributed by atoms with E-state index in [9.17, 15) is 0 Å². The molecule has 0 bridgehead atoms. The fourth-order valence-corrected chi connectivity index (χ4v) is 2.93. The molecule has 0 aromatic heterocycles. The van der Waals surface area contributed by atoms with Crippen LogP contribution < -0.4 is 5.32 Å². The maximum atomic E-state index is 3.64. The lowest BCUT2D eigenvalue weighted by Crippen LogP contribution is -2.39. The summed E-state index contributed by atoms with van der Waals surface area (Å²) in [5, 5.41) is 3.64. The molecule has 2 rings (SSSR count). The van der Waals surface area contributed by atoms with Crippen molar-refractivity contribution in [1.29, 1.82) is 0 Å². The van der Waals surface area contributed by atoms with Gasteiger partial charge in [0.1, 0.15) is 0 Å². The Morgan fingerprint density at radius 1 is 1.18 bits per heavy atom. The van der Waals surface area contributed by atoms with Crippen LogP contribution in [0.25, 0.3) is 0 Å². The highest BCUT2D eigenvalue weighted by atomic mass is 15.0. The molecule has 2 atom stereocenters. The first-order valence-corrected chi connectivity index (χ1v) is 4.95. The van der Waals surface area contributed by atoms with Gasteiger partial charge in [-0.25, -0.2) is 0 Å². The highest BCUT2D eigenvalue weighted by Crippen LogP contribution is 2.40. The Morgan fingerprint density at radius 3 is 2.64 bits per heavy atom. The third-order valence-corrected chi connectivity index (χ3v) is 3.66. The molecular weight excluding hydrogens is 134 g/mol. The van der Waals surface area contributed by atoms with E-state index >= 15 is 0 Å². The molecule has 0 amide bonds. The van der Waals surface area contributed by atoms with Gasteiger partial charge in [-0.2, -0.15) is 0 Å². The average molecular weight is 153 g/mol. The first kappa shape index (κ1) is 7.60. The van der Waals surface area contributed by atoms with Crippen LogP contribution in [0.3, 0.4) is 0 Å². The standard InChI is InChI=1S/C10H19N/c1-10(2)9-6-4-3-5-8(9)7-11-10/h8-9,11H,3-7H2,1-2H3. The van der Waals surface area contributed by atoms with Gasteiger partial charge in [0.2, 0.25) is 0 Å². The molecule has 1 N–H and O–H groups in total. The minimum Gasteiger partial charge on any atom is -0.311 e. The maximum Gasteiger partial charge on any atom is 0.0156 e. The van der Waals surface area contributed by atoms with Crippen LogP contribution in [0.2, 0.25) is 0 Å². The second kappa shape index (κ2) is 2.48. The number of nitrogens with one attached hydrogen (secondary N) is 1. The van der Waals surface area contributed by atoms with E-state index in [4.69, 9.17) is 0 Å². The van der Waals surface area contributed by atoms with Gasteiger partial charge < -0.3 is 5.32 Å². The van der Waals surface area contributed by atoms with E-state index in [2.05, 4.69) is 19.2 Å². The third-order valence-electron chi connectivity index (χ3n) is 3.66. The molecule has 64 valence electrons. The molecule has 1 aliphatic heterocycles. The Hall–Kier alpha value is -0.0400. The largest absolute Gasteiger partial charge is 0.311 e. The van der Waals surface area contributed by atoms with Crippen molar-refractivity contribution in [3.63, 3.8) is 0 Å². The predicted molar refractivity (Wildman–Crippen MR) is 47.5 cm³/mol. The lowest BCUT2D eigenvalue weighted by atomic mass is 9.74. The predicted octanol–water partition coefficient (Wildman–Crippen LogP) is 2.17. The summed E-state index contributed by atoms with van der Waals surface area (Å²) in [5.74, 6) is 1.97. The molecule has 2 aliphatic rings. The van der Waals surface area contributed by atoms with Crippen molar-refractivity contribution >= 4 is 0 Å². The fourth-order valence-electron chi connectivity index (χ4n) is 2.93. The van der Waals surface area contributed by atoms with Gasteiger partial charge in [0.05, 0.1) is 0 Å². The van der Waals surface area contributed by atoms with Gasteiger partial charge in [-0.3, -0.25) is 0 Å². The first-order valence-electron chi connectivity index (χ1n) is 4.95. The second-order valence-corrected chi connectivity index (χ2v) is 4.75. The van der Waals surface area contributed by atoms with E-state index in [1.165, 1.54) is 32.2 Å². The Labute approximate surface area is 69.6 Å². The van der Waals surface area contributed by atoms with Gasteiger partial charge in [-0.05, 0) is 45.1 Å². The maximum absolute atomic E-state index is 3.64. The number of fused-ring (bicyclic) bond motifs is 1. The summed E-state index contributed by atoms with van der Waals surface area (Å²) in [6, 6.07) is 0. The van der Waals surface area contributed by atoms with E-state index in [1.807, 2.05) is 0 Å². The lowest BCUT2D eigenvalue weighted by molar-refractivity contribution is 0.217. The molecule has 1 nitrogen and oxygen atoms in total. The summed E-state index contributed by atoms with van der Waals surface area (Å²) < 4.78 is 0. The molecule has 0 aromatic carbocycles. The molecule has 1 heterocycles. The van der Waals surface area contributed by atoms with Gasteiger partial charge >= 0.3 is 0 Å². The summed E-state index contributed by atoms with van der Waals surface area (Å²) in [7, 11) is 0. The van der Waals surface area contributed by atoms with Crippen molar-refractivity contribution in [2.75, 3.05) is 6.54 Å². The zero-order valence-corrected chi connectivity index (χ0v) is 7.69. The molecule has 11 heavy (non-hydrogen) atoms. The summed E-state index contributed by atoms with van der Waals surface area (Å²) in [4.78, 5) is 0. The van der Waals surface area contributed by atoms with Crippen molar-refractivity contribution in [3.05, 3.63) is 0 Å². The van der Waals surface area contributed by atoms with Gasteiger partial charge in [0.15, 0.2) is 0 Å². The van der Waals surface area contributed by atoms with Crippen LogP contribution in [0.5, 0.6) is 0 Å². The Bertz CT molecular complexity index is 151. The van der Waals surface area contributed by atoms with Crippen LogP contribution in [0, 0.1) is 11.8 Å². The molecular formula is C10H19N. The van der Waals surface area contributed by atoms with E-state index in [0.717, 1.165) is 11.8 Å². The minimum absolute atomic E-state index is 0.436. The third kappa shape index (κ3) is 1.20. The van der Waals surface area contributed by atoms with E-state index in [0.29, 0.717) is 5.54 Å². The zero-order valence-electron chi connectivity index (χ0n) is 7.69. The van der Waals surface area contributed by atoms with Crippen molar-refractivity contribution < 1.29 is 0 Å². The van der Waals surface area contributed by atoms with Gasteiger partial charge in [-0.1, -0.05) is 12.8 Å². The smallest absolute Gasteiger partial charge is 0.0156 e. The van der Waals surface area contributed by atoms with Crippen molar-refractivity contribution in [2.24, 2.45) is 11.8 Å². The van der Waals surface area contributed by atoms with Crippen LogP contribution in [0.4, 0.5) is 0 Å². The summed E-state index contributed by atoms with van der Waals surface area (Å²) in [6.45, 7) is 6.00. The SMILES string of the molecule is CC1(C)NCC2CCCCC21. The molecule has 1 heteroatoms. The zero-order chi connectivity index (χ0) is 7.90.